The van der Waals surface area contributed by atoms with Crippen LogP contribution in [0.3, 0.4) is 0 Å². The topological polar surface area (TPSA) is 281 Å². The molecule has 0 bridgehead atoms. The minimum atomic E-state index is -5.08. The molecule has 54 heavy (non-hydrogen) atoms. The van der Waals surface area contributed by atoms with Crippen molar-refractivity contribution in [3.8, 4) is 0 Å². The van der Waals surface area contributed by atoms with Gasteiger partial charge < -0.3 is 47.9 Å². The molecular formula is C33H47F3N8O10. The number of anilines is 1. The van der Waals surface area contributed by atoms with Crippen molar-refractivity contribution in [2.75, 3.05) is 31.5 Å². The van der Waals surface area contributed by atoms with Crippen LogP contribution in [0, 0.1) is 5.92 Å². The van der Waals surface area contributed by atoms with E-state index in [-0.39, 0.29) is 69.3 Å². The van der Waals surface area contributed by atoms with Crippen LogP contribution in [0.25, 0.3) is 0 Å². The van der Waals surface area contributed by atoms with Crippen LogP contribution in [0.5, 0.6) is 0 Å². The van der Waals surface area contributed by atoms with Crippen molar-refractivity contribution in [2.45, 2.75) is 77.2 Å². The van der Waals surface area contributed by atoms with Gasteiger partial charge in [0, 0.05) is 50.4 Å². The molecule has 1 aromatic carbocycles. The van der Waals surface area contributed by atoms with Crippen LogP contribution in [0.4, 0.5) is 28.4 Å². The molecule has 18 nitrogen and oxygen atoms in total. The Hall–Kier alpha value is -5.73. The smallest absolute Gasteiger partial charge is 0.475 e. The molecule has 300 valence electrons. The van der Waals surface area contributed by atoms with Crippen molar-refractivity contribution in [1.82, 2.24) is 26.2 Å². The number of unbranched alkanes of at least 4 members (excludes halogenated alkanes) is 2. The summed E-state index contributed by atoms with van der Waals surface area (Å²) in [6.07, 6.45) is -0.965. The number of benzene rings is 1. The van der Waals surface area contributed by atoms with Crippen LogP contribution in [-0.2, 0) is 40.1 Å². The maximum Gasteiger partial charge on any atom is 0.490 e. The fourth-order valence-corrected chi connectivity index (χ4v) is 4.50. The number of nitrogens with zero attached hydrogens (tertiary/aromatic N) is 1. The molecule has 21 heteroatoms. The number of aliphatic carboxylic acids is 1. The molecular weight excluding hydrogens is 725 g/mol. The number of nitrogens with one attached hydrogen (secondary N) is 5. The first-order valence-corrected chi connectivity index (χ1v) is 16.8. The molecule has 0 aliphatic carbocycles. The summed E-state index contributed by atoms with van der Waals surface area (Å²) in [5.74, 6) is -5.16. The van der Waals surface area contributed by atoms with E-state index in [1.165, 1.54) is 12.2 Å². The van der Waals surface area contributed by atoms with Gasteiger partial charge in [0.1, 0.15) is 18.7 Å². The van der Waals surface area contributed by atoms with Gasteiger partial charge in [0.2, 0.25) is 17.7 Å². The van der Waals surface area contributed by atoms with Crippen LogP contribution < -0.4 is 38.1 Å². The number of carboxylic acids is 1. The molecule has 2 atom stereocenters. The molecule has 0 spiro atoms. The van der Waals surface area contributed by atoms with Gasteiger partial charge >= 0.3 is 24.3 Å². The Labute approximate surface area is 308 Å². The summed E-state index contributed by atoms with van der Waals surface area (Å²) in [5.41, 5.74) is 11.6. The van der Waals surface area contributed by atoms with Crippen molar-refractivity contribution in [2.24, 2.45) is 17.4 Å². The highest BCUT2D eigenvalue weighted by molar-refractivity contribution is 6.12. The van der Waals surface area contributed by atoms with E-state index in [1.807, 2.05) is 0 Å². The molecule has 0 aromatic heterocycles. The minimum Gasteiger partial charge on any atom is -0.475 e. The first-order valence-electron chi connectivity index (χ1n) is 16.8. The van der Waals surface area contributed by atoms with Gasteiger partial charge in [-0.15, -0.1) is 0 Å². The molecule has 1 aliphatic heterocycles. The molecule has 8 amide bonds. The summed E-state index contributed by atoms with van der Waals surface area (Å²) in [6, 6.07) is 3.94. The molecule has 0 unspecified atom stereocenters. The maximum atomic E-state index is 13.3. The first-order chi connectivity index (χ1) is 25.3. The molecule has 1 aliphatic rings. The molecule has 10 N–H and O–H groups in total. The lowest BCUT2D eigenvalue weighted by Crippen LogP contribution is -2.54. The second kappa shape index (κ2) is 23.8. The van der Waals surface area contributed by atoms with Crippen molar-refractivity contribution in [3.63, 3.8) is 0 Å². The number of rotatable bonds is 20. The minimum absolute atomic E-state index is 0.0107. The van der Waals surface area contributed by atoms with Gasteiger partial charge in [-0.05, 0) is 49.3 Å². The van der Waals surface area contributed by atoms with Gasteiger partial charge in [-0.25, -0.2) is 14.4 Å². The SMILES string of the molecule is CC(C)[C@H](NC(=O)CCCCCN1C(=O)C=CC1=O)C(=O)N[C@@H](CCCNC(N)=O)C(=O)Nc1ccc(COC(=O)NCCN)cc1.O=C(O)C(F)(F)F. The summed E-state index contributed by atoms with van der Waals surface area (Å²) in [4.78, 5) is 95.3. The second-order valence-corrected chi connectivity index (χ2v) is 12.0. The monoisotopic (exact) mass is 772 g/mol. The normalized spacial score (nSPS) is 13.3. The third-order valence-electron chi connectivity index (χ3n) is 7.30. The lowest BCUT2D eigenvalue weighted by molar-refractivity contribution is -0.192. The Balaban J connectivity index is 0.00000189. The molecule has 0 saturated heterocycles. The molecule has 1 heterocycles. The Morgan fingerprint density at radius 3 is 2.02 bits per heavy atom. The Morgan fingerprint density at radius 2 is 1.48 bits per heavy atom. The zero-order chi connectivity index (χ0) is 40.8. The number of imide groups is 1. The largest absolute Gasteiger partial charge is 0.490 e. The van der Waals surface area contributed by atoms with Crippen molar-refractivity contribution < 1.29 is 61.4 Å². The Bertz CT molecular complexity index is 1470. The predicted molar refractivity (Wildman–Crippen MR) is 186 cm³/mol. The van der Waals surface area contributed by atoms with E-state index in [2.05, 4.69) is 26.6 Å². The van der Waals surface area contributed by atoms with Crippen molar-refractivity contribution >= 4 is 53.3 Å². The standard InChI is InChI=1S/C31H46N8O8.C2HF3O2/c1-20(2)27(38-24(40)8-4-3-5-18-39-25(41)13-14-26(39)42)29(44)37-23(7-6-16-34-30(33)45)28(43)36-22-11-9-21(10-12-22)19-47-31(46)35-17-15-32;3-2(4,5)1(6)7/h9-14,20,23,27H,3-8,15-19,32H2,1-2H3,(H,35,46)(H,36,43)(H,37,44)(H,38,40)(H3,33,34,45);(H,6,7)/t23-,27-;/m0./s1. The van der Waals surface area contributed by atoms with Gasteiger partial charge in [0.25, 0.3) is 11.8 Å². The van der Waals surface area contributed by atoms with Crippen LogP contribution in [-0.4, -0.2) is 102 Å². The number of halogens is 3. The summed E-state index contributed by atoms with van der Waals surface area (Å²) in [6.45, 7) is 4.57. The first kappa shape index (κ1) is 46.3. The number of hydrogen-bond donors (Lipinski definition) is 8. The zero-order valence-corrected chi connectivity index (χ0v) is 29.8. The number of primary amides is 1. The van der Waals surface area contributed by atoms with E-state index in [0.717, 1.165) is 4.90 Å². The predicted octanol–water partition coefficient (Wildman–Crippen LogP) is 1.00. The number of urea groups is 1. The van der Waals surface area contributed by atoms with E-state index < -0.39 is 48.2 Å². The molecule has 0 radical (unpaired) electrons. The highest BCUT2D eigenvalue weighted by Gasteiger charge is 2.38. The fourth-order valence-electron chi connectivity index (χ4n) is 4.50. The number of hydrogen-bond acceptors (Lipinski definition) is 10. The number of carboxylic acid groups (broad SMARTS) is 1. The van der Waals surface area contributed by atoms with Crippen LogP contribution in [0.15, 0.2) is 36.4 Å². The van der Waals surface area contributed by atoms with Gasteiger partial charge in [-0.3, -0.25) is 28.9 Å². The van der Waals surface area contributed by atoms with Crippen molar-refractivity contribution in [1.29, 1.82) is 0 Å². The Morgan fingerprint density at radius 1 is 0.870 bits per heavy atom. The van der Waals surface area contributed by atoms with Gasteiger partial charge in [-0.1, -0.05) is 32.4 Å². The highest BCUT2D eigenvalue weighted by atomic mass is 19.4. The number of alkyl carbamates (subject to hydrolysis) is 1. The van der Waals surface area contributed by atoms with Crippen molar-refractivity contribution in [3.05, 3.63) is 42.0 Å². The lowest BCUT2D eigenvalue weighted by atomic mass is 10.0. The van der Waals surface area contributed by atoms with E-state index in [9.17, 15) is 46.7 Å². The van der Waals surface area contributed by atoms with E-state index >= 15 is 0 Å². The van der Waals surface area contributed by atoms with E-state index in [4.69, 9.17) is 26.1 Å². The summed E-state index contributed by atoms with van der Waals surface area (Å²) in [7, 11) is 0. The number of carbonyl (C=O) groups excluding carboxylic acids is 7. The summed E-state index contributed by atoms with van der Waals surface area (Å²) in [5, 5.41) is 20.3. The lowest BCUT2D eigenvalue weighted by Gasteiger charge is -2.25. The number of nitrogens with two attached hydrogens (primary N) is 2. The maximum absolute atomic E-state index is 13.3. The van der Waals surface area contributed by atoms with Gasteiger partial charge in [0.15, 0.2) is 0 Å². The quantitative estimate of drug-likeness (QED) is 0.0684. The average molecular weight is 773 g/mol. The second-order valence-electron chi connectivity index (χ2n) is 12.0. The van der Waals surface area contributed by atoms with Crippen LogP contribution >= 0.6 is 0 Å². The van der Waals surface area contributed by atoms with E-state index in [1.54, 1.807) is 38.1 Å². The third kappa shape index (κ3) is 18.7. The molecule has 0 saturated carbocycles. The summed E-state index contributed by atoms with van der Waals surface area (Å²) < 4.78 is 36.8. The van der Waals surface area contributed by atoms with Crippen LogP contribution in [0.2, 0.25) is 0 Å². The zero-order valence-electron chi connectivity index (χ0n) is 29.8. The van der Waals surface area contributed by atoms with Crippen LogP contribution in [0.1, 0.15) is 57.9 Å². The highest BCUT2D eigenvalue weighted by Crippen LogP contribution is 2.14. The fraction of sp³-hybridized carbons (Fsp3) is 0.515. The molecule has 1 aromatic rings. The number of ether oxygens (including phenoxy) is 1. The third-order valence-corrected chi connectivity index (χ3v) is 7.30. The van der Waals surface area contributed by atoms with Gasteiger partial charge in [-0.2, -0.15) is 13.2 Å². The summed E-state index contributed by atoms with van der Waals surface area (Å²) >= 11 is 0. The molecule has 2 rings (SSSR count). The number of carbonyl (C=O) groups is 8. The number of amides is 8. The van der Waals surface area contributed by atoms with E-state index in [0.29, 0.717) is 36.9 Å². The Kier molecular flexibility index (Phi) is 20.4. The average Bonchev–Trinajstić information content (AvgIpc) is 3.42. The molecule has 0 fully saturated rings. The van der Waals surface area contributed by atoms with Gasteiger partial charge in [0.05, 0.1) is 0 Å². The number of alkyl halides is 3.